The van der Waals surface area contributed by atoms with Crippen LogP contribution in [0.3, 0.4) is 0 Å². The number of ether oxygens (including phenoxy) is 2. The van der Waals surface area contributed by atoms with Gasteiger partial charge in [0.1, 0.15) is 18.1 Å². The van der Waals surface area contributed by atoms with Gasteiger partial charge in [-0.15, -0.1) is 12.4 Å². The van der Waals surface area contributed by atoms with Crippen LogP contribution in [0.1, 0.15) is 17.5 Å². The Bertz CT molecular complexity index is 675. The van der Waals surface area contributed by atoms with Crippen molar-refractivity contribution in [1.29, 1.82) is 0 Å². The Hall–Kier alpha value is -2.24. The Morgan fingerprint density at radius 1 is 0.960 bits per heavy atom. The molecule has 0 bridgehead atoms. The number of nitrogens with two attached hydrogens (primary N) is 1. The number of hydrogen-bond donors (Lipinski definition) is 2. The lowest BCUT2D eigenvalue weighted by molar-refractivity contribution is -0.116. The number of carbonyl (C=O) groups excluding carboxylic acids is 1. The molecule has 2 aromatic carbocycles. The van der Waals surface area contributed by atoms with Crippen LogP contribution in [0.5, 0.6) is 11.5 Å². The van der Waals surface area contributed by atoms with Crippen LogP contribution in [0, 0.1) is 13.8 Å². The Morgan fingerprint density at radius 3 is 2.24 bits per heavy atom. The van der Waals surface area contributed by atoms with Gasteiger partial charge in [0, 0.05) is 12.2 Å². The Balaban J connectivity index is 0.00000312. The third kappa shape index (κ3) is 7.03. The molecule has 0 aromatic heterocycles. The first kappa shape index (κ1) is 20.8. The third-order valence-electron chi connectivity index (χ3n) is 3.60. The molecular weight excluding hydrogens is 340 g/mol. The van der Waals surface area contributed by atoms with Gasteiger partial charge in [0.05, 0.1) is 13.0 Å². The predicted octanol–water partition coefficient (Wildman–Crippen LogP) is 3.47. The second-order valence-electron chi connectivity index (χ2n) is 5.55. The normalized spacial score (nSPS) is 9.88. The molecule has 3 N–H and O–H groups in total. The van der Waals surface area contributed by atoms with Crippen LogP contribution in [-0.2, 0) is 4.79 Å². The Labute approximate surface area is 154 Å². The fraction of sp³-hybridized carbons (Fsp3) is 0.316. The van der Waals surface area contributed by atoms with E-state index < -0.39 is 0 Å². The summed E-state index contributed by atoms with van der Waals surface area (Å²) in [6.45, 7) is 5.38. The zero-order valence-electron chi connectivity index (χ0n) is 14.6. The van der Waals surface area contributed by atoms with Crippen LogP contribution in [0.25, 0.3) is 0 Å². The first-order valence-electron chi connectivity index (χ1n) is 8.01. The largest absolute Gasteiger partial charge is 0.493 e. The van der Waals surface area contributed by atoms with Crippen LogP contribution < -0.4 is 20.5 Å². The highest BCUT2D eigenvalue weighted by Gasteiger charge is 2.04. The van der Waals surface area contributed by atoms with E-state index in [-0.39, 0.29) is 18.3 Å². The molecule has 5 nitrogen and oxygen atoms in total. The number of amides is 1. The molecule has 0 saturated carbocycles. The maximum absolute atomic E-state index is 11.9. The highest BCUT2D eigenvalue weighted by molar-refractivity contribution is 5.90. The van der Waals surface area contributed by atoms with Crippen molar-refractivity contribution in [2.24, 2.45) is 5.73 Å². The summed E-state index contributed by atoms with van der Waals surface area (Å²) >= 11 is 0. The number of hydrogen-bond acceptors (Lipinski definition) is 4. The average molecular weight is 365 g/mol. The molecular formula is C19H25ClN2O3. The first-order chi connectivity index (χ1) is 11.6. The summed E-state index contributed by atoms with van der Waals surface area (Å²) in [5, 5.41) is 2.83. The van der Waals surface area contributed by atoms with Gasteiger partial charge in [-0.3, -0.25) is 4.79 Å². The molecule has 2 rings (SSSR count). The van der Waals surface area contributed by atoms with Crippen LogP contribution in [0.15, 0.2) is 42.5 Å². The molecule has 0 unspecified atom stereocenters. The van der Waals surface area contributed by atoms with Crippen molar-refractivity contribution in [3.63, 3.8) is 0 Å². The first-order valence-corrected chi connectivity index (χ1v) is 8.01. The molecule has 0 saturated heterocycles. The van der Waals surface area contributed by atoms with Gasteiger partial charge >= 0.3 is 0 Å². The fourth-order valence-electron chi connectivity index (χ4n) is 2.10. The molecule has 25 heavy (non-hydrogen) atoms. The molecule has 0 radical (unpaired) electrons. The lowest BCUT2D eigenvalue weighted by Crippen LogP contribution is -2.15. The van der Waals surface area contributed by atoms with Crippen LogP contribution in [-0.4, -0.2) is 25.7 Å². The summed E-state index contributed by atoms with van der Waals surface area (Å²) in [5.74, 6) is 1.43. The molecule has 0 atom stereocenters. The summed E-state index contributed by atoms with van der Waals surface area (Å²) in [7, 11) is 0. The average Bonchev–Trinajstić information content (AvgIpc) is 2.57. The molecule has 6 heteroatoms. The van der Waals surface area contributed by atoms with E-state index in [1.165, 1.54) is 11.1 Å². The lowest BCUT2D eigenvalue weighted by Gasteiger charge is -2.09. The molecule has 0 spiro atoms. The molecule has 136 valence electrons. The van der Waals surface area contributed by atoms with Gasteiger partial charge in [0.15, 0.2) is 0 Å². The smallest absolute Gasteiger partial charge is 0.227 e. The van der Waals surface area contributed by atoms with E-state index in [0.29, 0.717) is 26.2 Å². The summed E-state index contributed by atoms with van der Waals surface area (Å²) < 4.78 is 11.0. The number of benzene rings is 2. The summed E-state index contributed by atoms with van der Waals surface area (Å²) in [6, 6.07) is 13.1. The van der Waals surface area contributed by atoms with Crippen molar-refractivity contribution in [3.05, 3.63) is 53.6 Å². The van der Waals surface area contributed by atoms with Crippen LogP contribution in [0.4, 0.5) is 5.69 Å². The van der Waals surface area contributed by atoms with Gasteiger partial charge in [0.2, 0.25) is 5.91 Å². The second-order valence-corrected chi connectivity index (χ2v) is 5.55. The number of halogens is 1. The predicted molar refractivity (Wildman–Crippen MR) is 103 cm³/mol. The number of carbonyl (C=O) groups is 1. The van der Waals surface area contributed by atoms with Gasteiger partial charge in [0.25, 0.3) is 0 Å². The number of nitrogens with one attached hydrogen (secondary N) is 1. The van der Waals surface area contributed by atoms with Crippen molar-refractivity contribution >= 4 is 24.0 Å². The van der Waals surface area contributed by atoms with E-state index >= 15 is 0 Å². The van der Waals surface area contributed by atoms with E-state index in [1.807, 2.05) is 25.1 Å². The van der Waals surface area contributed by atoms with Crippen molar-refractivity contribution in [2.45, 2.75) is 20.3 Å². The fourth-order valence-corrected chi connectivity index (χ4v) is 2.10. The highest BCUT2D eigenvalue weighted by atomic mass is 35.5. The van der Waals surface area contributed by atoms with Crippen LogP contribution in [0.2, 0.25) is 0 Å². The molecule has 0 heterocycles. The van der Waals surface area contributed by atoms with Gasteiger partial charge in [-0.05, 0) is 61.4 Å². The minimum Gasteiger partial charge on any atom is -0.493 e. The second kappa shape index (κ2) is 10.6. The van der Waals surface area contributed by atoms with Gasteiger partial charge < -0.3 is 20.5 Å². The maximum atomic E-state index is 11.9. The van der Waals surface area contributed by atoms with Gasteiger partial charge in [-0.1, -0.05) is 6.07 Å². The van der Waals surface area contributed by atoms with E-state index in [0.717, 1.165) is 17.2 Å². The molecule has 2 aromatic rings. The zero-order valence-corrected chi connectivity index (χ0v) is 15.4. The van der Waals surface area contributed by atoms with E-state index in [4.69, 9.17) is 15.2 Å². The number of rotatable bonds is 8. The standard InChI is InChI=1S/C19H24N2O3.ClH/c1-14-3-6-18(13-15(14)2)23-11-9-19(22)21-16-4-7-17(8-5-16)24-12-10-20;/h3-8,13H,9-12,20H2,1-2H3,(H,21,22);1H. The van der Waals surface area contributed by atoms with Crippen molar-refractivity contribution < 1.29 is 14.3 Å². The molecule has 0 aliphatic rings. The minimum absolute atomic E-state index is 0. The molecule has 1 amide bonds. The van der Waals surface area contributed by atoms with E-state index in [9.17, 15) is 4.79 Å². The number of anilines is 1. The monoisotopic (exact) mass is 364 g/mol. The summed E-state index contributed by atoms with van der Waals surface area (Å²) in [6.07, 6.45) is 0.290. The van der Waals surface area contributed by atoms with Crippen molar-refractivity contribution in [1.82, 2.24) is 0 Å². The van der Waals surface area contributed by atoms with Gasteiger partial charge in [-0.2, -0.15) is 0 Å². The minimum atomic E-state index is -0.0885. The molecule has 0 fully saturated rings. The third-order valence-corrected chi connectivity index (χ3v) is 3.60. The van der Waals surface area contributed by atoms with Gasteiger partial charge in [-0.25, -0.2) is 0 Å². The zero-order chi connectivity index (χ0) is 17.4. The SMILES string of the molecule is Cc1ccc(OCCC(=O)Nc2ccc(OCCN)cc2)cc1C.Cl. The van der Waals surface area contributed by atoms with E-state index in [2.05, 4.69) is 12.2 Å². The quantitative estimate of drug-likeness (QED) is 0.752. The summed E-state index contributed by atoms with van der Waals surface area (Å²) in [5.41, 5.74) is 8.51. The van der Waals surface area contributed by atoms with Crippen molar-refractivity contribution in [3.8, 4) is 11.5 Å². The Kier molecular flexibility index (Phi) is 8.81. The van der Waals surface area contributed by atoms with Crippen molar-refractivity contribution in [2.75, 3.05) is 25.1 Å². The molecule has 0 aliphatic carbocycles. The Morgan fingerprint density at radius 2 is 1.60 bits per heavy atom. The highest BCUT2D eigenvalue weighted by Crippen LogP contribution is 2.17. The topological polar surface area (TPSA) is 73.6 Å². The lowest BCUT2D eigenvalue weighted by atomic mass is 10.1. The number of aryl methyl sites for hydroxylation is 2. The maximum Gasteiger partial charge on any atom is 0.227 e. The van der Waals surface area contributed by atoms with Crippen LogP contribution >= 0.6 is 12.4 Å². The van der Waals surface area contributed by atoms with E-state index in [1.54, 1.807) is 24.3 Å². The molecule has 0 aliphatic heterocycles. The summed E-state index contributed by atoms with van der Waals surface area (Å²) in [4.78, 5) is 11.9.